The zero-order chi connectivity index (χ0) is 21.1. The van der Waals surface area contributed by atoms with E-state index in [1.165, 1.54) is 19.4 Å². The van der Waals surface area contributed by atoms with Gasteiger partial charge in [-0.2, -0.15) is 0 Å². The van der Waals surface area contributed by atoms with Gasteiger partial charge in [0.25, 0.3) is 0 Å². The highest BCUT2D eigenvalue weighted by Crippen LogP contribution is 2.17. The molecular weight excluding hydrogens is 366 g/mol. The molecule has 1 aromatic carbocycles. The summed E-state index contributed by atoms with van der Waals surface area (Å²) in [5, 5.41) is 2.86. The topological polar surface area (TPSA) is 68.5 Å². The summed E-state index contributed by atoms with van der Waals surface area (Å²) in [4.78, 5) is 22.6. The molecule has 0 unspecified atom stereocenters. The van der Waals surface area contributed by atoms with E-state index in [0.717, 1.165) is 25.0 Å². The van der Waals surface area contributed by atoms with Crippen molar-refractivity contribution in [1.29, 1.82) is 0 Å². The van der Waals surface area contributed by atoms with E-state index >= 15 is 0 Å². The van der Waals surface area contributed by atoms with Crippen LogP contribution in [0.5, 0.6) is 0 Å². The molecule has 1 atom stereocenters. The third-order valence-electron chi connectivity index (χ3n) is 4.48. The summed E-state index contributed by atoms with van der Waals surface area (Å²) >= 11 is 0. The minimum absolute atomic E-state index is 0.122. The zero-order valence-corrected chi connectivity index (χ0v) is 17.4. The lowest BCUT2D eigenvalue weighted by Crippen LogP contribution is -2.49. The summed E-state index contributed by atoms with van der Waals surface area (Å²) in [5.74, 6) is 7.12. The van der Waals surface area contributed by atoms with Gasteiger partial charge in [0.1, 0.15) is 12.4 Å². The van der Waals surface area contributed by atoms with E-state index in [9.17, 15) is 9.59 Å². The summed E-state index contributed by atoms with van der Waals surface area (Å²) in [6.07, 6.45) is 4.03. The second-order valence-corrected chi connectivity index (χ2v) is 7.43. The van der Waals surface area contributed by atoms with Gasteiger partial charge in [0.15, 0.2) is 5.76 Å². The maximum atomic E-state index is 11.5. The first kappa shape index (κ1) is 22.3. The van der Waals surface area contributed by atoms with Crippen LogP contribution < -0.4 is 5.32 Å². The molecule has 5 nitrogen and oxygen atoms in total. The molecule has 0 aliphatic carbocycles. The van der Waals surface area contributed by atoms with E-state index in [1.807, 2.05) is 25.1 Å². The summed E-state index contributed by atoms with van der Waals surface area (Å²) in [7, 11) is 0. The van der Waals surface area contributed by atoms with E-state index in [2.05, 4.69) is 41.4 Å². The van der Waals surface area contributed by atoms with Crippen molar-refractivity contribution in [1.82, 2.24) is 5.32 Å². The lowest BCUT2D eigenvalue weighted by Gasteiger charge is -2.29. The number of unbranched alkanes of at least 4 members (excludes halogenated alkanes) is 1. The van der Waals surface area contributed by atoms with Crippen LogP contribution in [-0.4, -0.2) is 24.0 Å². The number of amides is 1. The first-order valence-electron chi connectivity index (χ1n) is 9.90. The van der Waals surface area contributed by atoms with E-state index in [0.29, 0.717) is 18.6 Å². The van der Waals surface area contributed by atoms with Crippen molar-refractivity contribution >= 4 is 11.9 Å². The molecule has 29 heavy (non-hydrogen) atoms. The molecule has 5 heteroatoms. The van der Waals surface area contributed by atoms with Crippen LogP contribution in [0, 0.1) is 11.8 Å². The van der Waals surface area contributed by atoms with Crippen molar-refractivity contribution in [3.8, 4) is 11.8 Å². The fraction of sp³-hybridized carbons (Fsp3) is 0.417. The first-order chi connectivity index (χ1) is 13.9. The minimum atomic E-state index is -0.645. The quantitative estimate of drug-likeness (QED) is 0.395. The lowest BCUT2D eigenvalue weighted by atomic mass is 9.96. The molecule has 1 heterocycles. The third-order valence-corrected chi connectivity index (χ3v) is 4.48. The van der Waals surface area contributed by atoms with Gasteiger partial charge in [-0.15, -0.1) is 0 Å². The average molecular weight is 395 g/mol. The molecule has 2 rings (SSSR count). The maximum Gasteiger partial charge on any atom is 0.302 e. The highest BCUT2D eigenvalue weighted by molar-refractivity contribution is 5.74. The molecule has 0 spiro atoms. The smallest absolute Gasteiger partial charge is 0.302 e. The van der Waals surface area contributed by atoms with Crippen LogP contribution in [0.1, 0.15) is 57.1 Å². The number of furan rings is 1. The fourth-order valence-corrected chi connectivity index (χ4v) is 3.01. The number of benzene rings is 1. The number of carbonyl (C=O) groups excluding carboxylic acids is 2. The number of rotatable bonds is 9. The largest absolute Gasteiger partial charge is 0.463 e. The van der Waals surface area contributed by atoms with Gasteiger partial charge >= 0.3 is 5.97 Å². The molecular formula is C24H29NO4. The van der Waals surface area contributed by atoms with Crippen LogP contribution in [0.4, 0.5) is 0 Å². The second-order valence-electron chi connectivity index (χ2n) is 7.43. The van der Waals surface area contributed by atoms with Crippen molar-refractivity contribution in [3.63, 3.8) is 0 Å². The van der Waals surface area contributed by atoms with Gasteiger partial charge in [-0.1, -0.05) is 36.3 Å². The molecule has 0 radical (unpaired) electrons. The standard InChI is InChI=1S/C24H29NO4/c1-19(26)25-24(3,18-28-20(2)27)17-16-23-15-14-22(29-23)13-9-5-8-12-21-10-6-4-7-11-21/h4,6-7,10-11,14-15H,5,8,12,16-18H2,1-3H3,(H,25,26)/t24-/m1/s1. The minimum Gasteiger partial charge on any atom is -0.463 e. The fourth-order valence-electron chi connectivity index (χ4n) is 3.01. The van der Waals surface area contributed by atoms with Crippen LogP contribution in [0.25, 0.3) is 0 Å². The number of esters is 1. The molecule has 1 amide bonds. The van der Waals surface area contributed by atoms with Gasteiger partial charge in [0, 0.05) is 26.7 Å². The van der Waals surface area contributed by atoms with Crippen molar-refractivity contribution in [2.75, 3.05) is 6.61 Å². The summed E-state index contributed by atoms with van der Waals surface area (Å²) < 4.78 is 10.9. The van der Waals surface area contributed by atoms with Crippen LogP contribution >= 0.6 is 0 Å². The van der Waals surface area contributed by atoms with Gasteiger partial charge < -0.3 is 14.5 Å². The van der Waals surface area contributed by atoms with Crippen LogP contribution in [0.15, 0.2) is 46.9 Å². The Morgan fingerprint density at radius 3 is 2.55 bits per heavy atom. The number of hydrogen-bond acceptors (Lipinski definition) is 4. The number of aryl methyl sites for hydroxylation is 2. The SMILES string of the molecule is CC(=O)N[C@](C)(CCc1ccc(C#CCCCc2ccccc2)o1)COC(C)=O. The molecule has 2 aromatic rings. The van der Waals surface area contributed by atoms with Gasteiger partial charge in [-0.05, 0) is 49.8 Å². The van der Waals surface area contributed by atoms with E-state index in [-0.39, 0.29) is 18.5 Å². The second kappa shape index (κ2) is 11.1. The summed E-state index contributed by atoms with van der Waals surface area (Å²) in [5.41, 5.74) is 0.679. The molecule has 154 valence electrons. The highest BCUT2D eigenvalue weighted by Gasteiger charge is 2.27. The normalized spacial score (nSPS) is 12.4. The summed E-state index contributed by atoms with van der Waals surface area (Å²) in [6.45, 7) is 4.78. The van der Waals surface area contributed by atoms with Gasteiger partial charge in [-0.25, -0.2) is 0 Å². The monoisotopic (exact) mass is 395 g/mol. The zero-order valence-electron chi connectivity index (χ0n) is 17.4. The van der Waals surface area contributed by atoms with Gasteiger partial charge in [-0.3, -0.25) is 9.59 Å². The highest BCUT2D eigenvalue weighted by atomic mass is 16.5. The van der Waals surface area contributed by atoms with E-state index < -0.39 is 5.54 Å². The maximum absolute atomic E-state index is 11.5. The Kier molecular flexibility index (Phi) is 8.54. The molecule has 0 fully saturated rings. The third kappa shape index (κ3) is 8.69. The number of ether oxygens (including phenoxy) is 1. The predicted octanol–water partition coefficient (Wildman–Crippen LogP) is 4.04. The molecule has 1 N–H and O–H groups in total. The molecule has 0 aliphatic rings. The molecule has 0 bridgehead atoms. The number of nitrogens with one attached hydrogen (secondary N) is 1. The van der Waals surface area contributed by atoms with Crippen LogP contribution in [-0.2, 0) is 27.2 Å². The summed E-state index contributed by atoms with van der Waals surface area (Å²) in [6, 6.07) is 14.1. The Bertz CT molecular complexity index is 860. The van der Waals surface area contributed by atoms with E-state index in [1.54, 1.807) is 0 Å². The first-order valence-corrected chi connectivity index (χ1v) is 9.90. The molecule has 0 saturated heterocycles. The number of hydrogen-bond donors (Lipinski definition) is 1. The van der Waals surface area contributed by atoms with Crippen LogP contribution in [0.3, 0.4) is 0 Å². The van der Waals surface area contributed by atoms with E-state index in [4.69, 9.17) is 9.15 Å². The Hall–Kier alpha value is -3.00. The van der Waals surface area contributed by atoms with Crippen molar-refractivity contribution in [2.45, 2.75) is 58.4 Å². The number of carbonyl (C=O) groups is 2. The molecule has 1 aromatic heterocycles. The van der Waals surface area contributed by atoms with Gasteiger partial charge in [0.05, 0.1) is 5.54 Å². The van der Waals surface area contributed by atoms with Crippen molar-refractivity contribution in [2.24, 2.45) is 0 Å². The molecule has 0 aliphatic heterocycles. The van der Waals surface area contributed by atoms with Crippen molar-refractivity contribution < 1.29 is 18.7 Å². The Balaban J connectivity index is 1.82. The Morgan fingerprint density at radius 1 is 1.10 bits per heavy atom. The van der Waals surface area contributed by atoms with Crippen LogP contribution in [0.2, 0.25) is 0 Å². The van der Waals surface area contributed by atoms with Crippen molar-refractivity contribution in [3.05, 3.63) is 59.5 Å². The average Bonchev–Trinajstić information content (AvgIpc) is 3.13. The Labute approximate surface area is 172 Å². The predicted molar refractivity (Wildman–Crippen MR) is 112 cm³/mol. The lowest BCUT2D eigenvalue weighted by molar-refractivity contribution is -0.144. The van der Waals surface area contributed by atoms with Gasteiger partial charge in [0.2, 0.25) is 5.91 Å². The Morgan fingerprint density at radius 2 is 1.86 bits per heavy atom. The molecule has 0 saturated carbocycles.